The van der Waals surface area contributed by atoms with Crippen molar-refractivity contribution < 1.29 is 4.74 Å². The highest BCUT2D eigenvalue weighted by Crippen LogP contribution is 2.19. The van der Waals surface area contributed by atoms with Gasteiger partial charge in [-0.25, -0.2) is 4.98 Å². The van der Waals surface area contributed by atoms with Gasteiger partial charge in [0.05, 0.1) is 30.8 Å². The summed E-state index contributed by atoms with van der Waals surface area (Å²) in [5.41, 5.74) is 2.41. The van der Waals surface area contributed by atoms with Crippen molar-refractivity contribution in [3.63, 3.8) is 0 Å². The molecule has 4 nitrogen and oxygen atoms in total. The Bertz CT molecular complexity index is 602. The number of aryl methyl sites for hydroxylation is 1. The van der Waals surface area contributed by atoms with Crippen LogP contribution in [-0.4, -0.2) is 40.8 Å². The fourth-order valence-electron chi connectivity index (χ4n) is 3.33. The second-order valence-corrected chi connectivity index (χ2v) is 6.47. The van der Waals surface area contributed by atoms with E-state index in [0.717, 1.165) is 44.9 Å². The predicted molar refractivity (Wildman–Crippen MR) is 94.6 cm³/mol. The fraction of sp³-hybridized carbons (Fsp3) is 0.632. The molecule has 3 rings (SSSR count). The number of rotatable bonds is 8. The number of nitrogens with zero attached hydrogens (tertiary/aromatic N) is 3. The van der Waals surface area contributed by atoms with E-state index in [1.54, 1.807) is 0 Å². The Balaban J connectivity index is 1.71. The number of benzene rings is 1. The van der Waals surface area contributed by atoms with Gasteiger partial charge in [0.15, 0.2) is 0 Å². The summed E-state index contributed by atoms with van der Waals surface area (Å²) in [6, 6.07) is 8.54. The van der Waals surface area contributed by atoms with E-state index < -0.39 is 0 Å². The molecule has 0 atom stereocenters. The van der Waals surface area contributed by atoms with Gasteiger partial charge in [-0.2, -0.15) is 0 Å². The first-order valence-electron chi connectivity index (χ1n) is 9.12. The van der Waals surface area contributed by atoms with E-state index in [1.807, 2.05) is 0 Å². The summed E-state index contributed by atoms with van der Waals surface area (Å²) < 4.78 is 7.90. The second-order valence-electron chi connectivity index (χ2n) is 6.47. The molecule has 4 heteroatoms. The van der Waals surface area contributed by atoms with Crippen LogP contribution in [0.2, 0.25) is 0 Å². The summed E-state index contributed by atoms with van der Waals surface area (Å²) in [5.74, 6) is 1.21. The van der Waals surface area contributed by atoms with Crippen molar-refractivity contribution in [3.05, 3.63) is 30.1 Å². The minimum absolute atomic E-state index is 0.844. The number of morpholine rings is 1. The Kier molecular flexibility index (Phi) is 6.06. The average molecular weight is 315 g/mol. The van der Waals surface area contributed by atoms with E-state index in [1.165, 1.54) is 43.4 Å². The van der Waals surface area contributed by atoms with Crippen molar-refractivity contribution in [3.8, 4) is 0 Å². The molecule has 0 saturated carbocycles. The lowest BCUT2D eigenvalue weighted by atomic mass is 10.1. The summed E-state index contributed by atoms with van der Waals surface area (Å²) in [6.45, 7) is 8.01. The second kappa shape index (κ2) is 8.46. The number of fused-ring (bicyclic) bond motifs is 1. The summed E-state index contributed by atoms with van der Waals surface area (Å²) in [4.78, 5) is 7.36. The average Bonchev–Trinajstić information content (AvgIpc) is 2.93. The number of ether oxygens (including phenoxy) is 1. The van der Waals surface area contributed by atoms with Gasteiger partial charge in [-0.15, -0.1) is 0 Å². The highest BCUT2D eigenvalue weighted by atomic mass is 16.5. The molecule has 1 saturated heterocycles. The van der Waals surface area contributed by atoms with Crippen LogP contribution in [-0.2, 0) is 17.8 Å². The number of imidazole rings is 1. The van der Waals surface area contributed by atoms with E-state index in [4.69, 9.17) is 9.72 Å². The van der Waals surface area contributed by atoms with E-state index in [9.17, 15) is 0 Å². The molecule has 0 radical (unpaired) electrons. The Hall–Kier alpha value is -1.39. The van der Waals surface area contributed by atoms with Gasteiger partial charge >= 0.3 is 0 Å². The summed E-state index contributed by atoms with van der Waals surface area (Å²) in [5, 5.41) is 0. The molecule has 0 bridgehead atoms. The van der Waals surface area contributed by atoms with Crippen molar-refractivity contribution in [1.29, 1.82) is 0 Å². The molecule has 1 fully saturated rings. The zero-order valence-electron chi connectivity index (χ0n) is 14.3. The molecule has 126 valence electrons. The van der Waals surface area contributed by atoms with Crippen molar-refractivity contribution in [2.24, 2.45) is 0 Å². The maximum atomic E-state index is 5.46. The molecular formula is C19H29N3O. The largest absolute Gasteiger partial charge is 0.379 e. The van der Waals surface area contributed by atoms with Crippen LogP contribution in [0.4, 0.5) is 0 Å². The number of hydrogen-bond acceptors (Lipinski definition) is 3. The lowest BCUT2D eigenvalue weighted by molar-refractivity contribution is 0.0326. The molecule has 1 aromatic heterocycles. The highest BCUT2D eigenvalue weighted by molar-refractivity contribution is 5.75. The molecule has 1 aliphatic heterocycles. The first-order valence-corrected chi connectivity index (χ1v) is 9.12. The molecule has 0 spiro atoms. The monoisotopic (exact) mass is 315 g/mol. The van der Waals surface area contributed by atoms with Gasteiger partial charge in [-0.05, 0) is 18.6 Å². The van der Waals surface area contributed by atoms with Crippen LogP contribution < -0.4 is 0 Å². The Morgan fingerprint density at radius 1 is 1.04 bits per heavy atom. The zero-order chi connectivity index (χ0) is 15.9. The van der Waals surface area contributed by atoms with E-state index in [-0.39, 0.29) is 0 Å². The first-order chi connectivity index (χ1) is 11.4. The van der Waals surface area contributed by atoms with Crippen LogP contribution in [0.5, 0.6) is 0 Å². The number of hydrogen-bond donors (Lipinski definition) is 0. The maximum Gasteiger partial charge on any atom is 0.124 e. The van der Waals surface area contributed by atoms with Gasteiger partial charge < -0.3 is 9.30 Å². The van der Waals surface area contributed by atoms with E-state index in [0.29, 0.717) is 0 Å². The molecule has 2 heterocycles. The van der Waals surface area contributed by atoms with Crippen LogP contribution >= 0.6 is 0 Å². The molecule has 1 aliphatic rings. The molecule has 0 aliphatic carbocycles. The van der Waals surface area contributed by atoms with Crippen LogP contribution in [0.1, 0.15) is 44.9 Å². The van der Waals surface area contributed by atoms with Crippen LogP contribution in [0.3, 0.4) is 0 Å². The van der Waals surface area contributed by atoms with Crippen molar-refractivity contribution >= 4 is 11.0 Å². The Morgan fingerprint density at radius 3 is 2.65 bits per heavy atom. The van der Waals surface area contributed by atoms with Gasteiger partial charge in [-0.1, -0.05) is 44.7 Å². The summed E-state index contributed by atoms with van der Waals surface area (Å²) in [7, 11) is 0. The number of unbranched alkanes of at least 4 members (excludes halogenated alkanes) is 4. The lowest BCUT2D eigenvalue weighted by Crippen LogP contribution is -2.36. The van der Waals surface area contributed by atoms with Gasteiger partial charge in [0, 0.05) is 19.6 Å². The Morgan fingerprint density at radius 2 is 1.83 bits per heavy atom. The van der Waals surface area contributed by atoms with Crippen LogP contribution in [0.15, 0.2) is 24.3 Å². The van der Waals surface area contributed by atoms with Gasteiger partial charge in [0.25, 0.3) is 0 Å². The summed E-state index contributed by atoms with van der Waals surface area (Å²) >= 11 is 0. The van der Waals surface area contributed by atoms with Crippen LogP contribution in [0.25, 0.3) is 11.0 Å². The molecule has 0 amide bonds. The topological polar surface area (TPSA) is 30.3 Å². The standard InChI is InChI=1S/C19H29N3O/c1-2-3-4-5-8-11-22-18-10-7-6-9-17(18)20-19(22)16-21-12-14-23-15-13-21/h6-7,9-10H,2-5,8,11-16H2,1H3. The van der Waals surface area contributed by atoms with Gasteiger partial charge in [0.1, 0.15) is 5.82 Å². The fourth-order valence-corrected chi connectivity index (χ4v) is 3.33. The number of para-hydroxylation sites is 2. The minimum atomic E-state index is 0.844. The maximum absolute atomic E-state index is 5.46. The SMILES string of the molecule is CCCCCCCn1c(CN2CCOCC2)nc2ccccc21. The normalized spacial score (nSPS) is 16.2. The summed E-state index contributed by atoms with van der Waals surface area (Å²) in [6.07, 6.45) is 6.57. The lowest BCUT2D eigenvalue weighted by Gasteiger charge is -2.26. The van der Waals surface area contributed by atoms with E-state index >= 15 is 0 Å². The molecule has 23 heavy (non-hydrogen) atoms. The number of aromatic nitrogens is 2. The van der Waals surface area contributed by atoms with Crippen LogP contribution in [0, 0.1) is 0 Å². The highest BCUT2D eigenvalue weighted by Gasteiger charge is 2.16. The van der Waals surface area contributed by atoms with Gasteiger partial charge in [0.2, 0.25) is 0 Å². The molecular weight excluding hydrogens is 286 g/mol. The first kappa shape index (κ1) is 16.5. The molecule has 0 N–H and O–H groups in total. The third-order valence-corrected chi connectivity index (χ3v) is 4.69. The van der Waals surface area contributed by atoms with E-state index in [2.05, 4.69) is 40.7 Å². The van der Waals surface area contributed by atoms with Crippen molar-refractivity contribution in [1.82, 2.24) is 14.5 Å². The van der Waals surface area contributed by atoms with Crippen molar-refractivity contribution in [2.75, 3.05) is 26.3 Å². The zero-order valence-corrected chi connectivity index (χ0v) is 14.3. The molecule has 1 aromatic carbocycles. The predicted octanol–water partition coefficient (Wildman–Crippen LogP) is 3.84. The third kappa shape index (κ3) is 4.33. The smallest absolute Gasteiger partial charge is 0.124 e. The van der Waals surface area contributed by atoms with Gasteiger partial charge in [-0.3, -0.25) is 4.90 Å². The third-order valence-electron chi connectivity index (χ3n) is 4.69. The quantitative estimate of drug-likeness (QED) is 0.693. The Labute approximate surface area is 139 Å². The molecule has 2 aromatic rings. The van der Waals surface area contributed by atoms with Crippen molar-refractivity contribution in [2.45, 2.75) is 52.1 Å². The minimum Gasteiger partial charge on any atom is -0.379 e. The molecule has 0 unspecified atom stereocenters.